The van der Waals surface area contributed by atoms with Crippen LogP contribution in [0, 0.1) is 0 Å². The first-order valence-electron chi connectivity index (χ1n) is 5.69. The first kappa shape index (κ1) is 12.9. The van der Waals surface area contributed by atoms with E-state index < -0.39 is 0 Å². The van der Waals surface area contributed by atoms with Crippen molar-refractivity contribution in [3.05, 3.63) is 33.7 Å². The number of hydrogen-bond acceptors (Lipinski definition) is 3. The second-order valence-corrected chi connectivity index (χ2v) is 4.29. The van der Waals surface area contributed by atoms with E-state index in [9.17, 15) is 4.79 Å². The van der Waals surface area contributed by atoms with Crippen LogP contribution in [-0.2, 0) is 13.0 Å². The molecule has 16 heavy (non-hydrogen) atoms. The lowest BCUT2D eigenvalue weighted by Gasteiger charge is -2.13. The molecule has 1 rings (SSSR count). The van der Waals surface area contributed by atoms with Gasteiger partial charge in [-0.15, -0.1) is 0 Å². The molecule has 0 bridgehead atoms. The molecule has 1 aromatic rings. The van der Waals surface area contributed by atoms with Crippen molar-refractivity contribution in [2.24, 2.45) is 5.73 Å². The third-order valence-corrected chi connectivity index (χ3v) is 2.53. The molecule has 90 valence electrons. The summed E-state index contributed by atoms with van der Waals surface area (Å²) in [6, 6.07) is 1.99. The van der Waals surface area contributed by atoms with E-state index in [1.165, 1.54) is 0 Å². The monoisotopic (exact) mass is 223 g/mol. The highest BCUT2D eigenvalue weighted by atomic mass is 16.1. The van der Waals surface area contributed by atoms with Crippen LogP contribution in [0.5, 0.6) is 0 Å². The number of aromatic amines is 1. The minimum absolute atomic E-state index is 0.0383. The number of unbranched alkanes of at least 4 members (excludes halogenated alkanes) is 1. The molecule has 0 spiro atoms. The van der Waals surface area contributed by atoms with Gasteiger partial charge in [-0.2, -0.15) is 0 Å². The van der Waals surface area contributed by atoms with Gasteiger partial charge in [0.2, 0.25) is 0 Å². The van der Waals surface area contributed by atoms with E-state index in [-0.39, 0.29) is 5.56 Å². The van der Waals surface area contributed by atoms with Crippen LogP contribution in [0.2, 0.25) is 0 Å². The van der Waals surface area contributed by atoms with Gasteiger partial charge >= 0.3 is 0 Å². The van der Waals surface area contributed by atoms with Crippen molar-refractivity contribution in [1.29, 1.82) is 0 Å². The van der Waals surface area contributed by atoms with Crippen LogP contribution in [0.25, 0.3) is 0 Å². The number of hydrogen-bond donors (Lipinski definition) is 2. The Hall–Kier alpha value is -1.13. The Morgan fingerprint density at radius 1 is 1.38 bits per heavy atom. The number of aromatic nitrogens is 1. The van der Waals surface area contributed by atoms with Crippen LogP contribution >= 0.6 is 0 Å². The van der Waals surface area contributed by atoms with Crippen LogP contribution in [0.15, 0.2) is 17.1 Å². The summed E-state index contributed by atoms with van der Waals surface area (Å²) in [7, 11) is 4.01. The van der Waals surface area contributed by atoms with Crippen LogP contribution in [-0.4, -0.2) is 30.5 Å². The Morgan fingerprint density at radius 2 is 2.12 bits per heavy atom. The summed E-state index contributed by atoms with van der Waals surface area (Å²) < 4.78 is 0. The van der Waals surface area contributed by atoms with E-state index in [1.54, 1.807) is 6.20 Å². The van der Waals surface area contributed by atoms with Crippen molar-refractivity contribution < 1.29 is 0 Å². The van der Waals surface area contributed by atoms with Gasteiger partial charge in [-0.3, -0.25) is 4.79 Å². The van der Waals surface area contributed by atoms with Crippen molar-refractivity contribution >= 4 is 0 Å². The summed E-state index contributed by atoms with van der Waals surface area (Å²) in [6.07, 6.45) is 4.48. The summed E-state index contributed by atoms with van der Waals surface area (Å²) in [5, 5.41) is 0. The van der Waals surface area contributed by atoms with Gasteiger partial charge in [0.1, 0.15) is 0 Å². The molecule has 0 aliphatic carbocycles. The summed E-state index contributed by atoms with van der Waals surface area (Å²) in [4.78, 5) is 16.5. The molecule has 0 saturated carbocycles. The molecule has 0 fully saturated rings. The third kappa shape index (κ3) is 3.79. The second kappa shape index (κ2) is 6.45. The maximum atomic E-state index is 11.7. The highest BCUT2D eigenvalue weighted by Crippen LogP contribution is 2.08. The predicted molar refractivity (Wildman–Crippen MR) is 66.4 cm³/mol. The average Bonchev–Trinajstić information content (AvgIpc) is 2.21. The Morgan fingerprint density at radius 3 is 2.75 bits per heavy atom. The molecular weight excluding hydrogens is 202 g/mol. The fourth-order valence-corrected chi connectivity index (χ4v) is 1.76. The largest absolute Gasteiger partial charge is 0.330 e. The molecule has 0 saturated heterocycles. The number of nitrogens with one attached hydrogen (secondary N) is 1. The van der Waals surface area contributed by atoms with Crippen LogP contribution in [0.4, 0.5) is 0 Å². The van der Waals surface area contributed by atoms with E-state index in [0.717, 1.165) is 36.9 Å². The van der Waals surface area contributed by atoms with E-state index in [4.69, 9.17) is 5.73 Å². The molecule has 0 radical (unpaired) electrons. The van der Waals surface area contributed by atoms with Crippen molar-refractivity contribution in [3.8, 4) is 0 Å². The van der Waals surface area contributed by atoms with E-state index >= 15 is 0 Å². The van der Waals surface area contributed by atoms with Gasteiger partial charge in [0, 0.05) is 18.3 Å². The standard InChI is InChI=1S/C12H21N3O/c1-15(2)9-10-6-8-14-12(16)11(10)5-3-4-7-13/h6,8H,3-5,7,9,13H2,1-2H3,(H,14,16). The lowest BCUT2D eigenvalue weighted by Crippen LogP contribution is -2.19. The lowest BCUT2D eigenvalue weighted by molar-refractivity contribution is 0.400. The third-order valence-electron chi connectivity index (χ3n) is 2.53. The van der Waals surface area contributed by atoms with Gasteiger partial charge in [0.25, 0.3) is 5.56 Å². The van der Waals surface area contributed by atoms with Gasteiger partial charge in [-0.1, -0.05) is 0 Å². The second-order valence-electron chi connectivity index (χ2n) is 4.29. The molecule has 0 atom stereocenters. The summed E-state index contributed by atoms with van der Waals surface area (Å²) in [5.74, 6) is 0. The molecule has 1 aromatic heterocycles. The molecule has 0 aliphatic heterocycles. The Labute approximate surface area is 96.5 Å². The molecule has 1 heterocycles. The molecule has 4 heteroatoms. The van der Waals surface area contributed by atoms with E-state index in [1.807, 2.05) is 20.2 Å². The fraction of sp³-hybridized carbons (Fsp3) is 0.583. The van der Waals surface area contributed by atoms with Gasteiger partial charge in [0.05, 0.1) is 0 Å². The highest BCUT2D eigenvalue weighted by molar-refractivity contribution is 5.23. The predicted octanol–water partition coefficient (Wildman–Crippen LogP) is 0.718. The SMILES string of the molecule is CN(C)Cc1cc[nH]c(=O)c1CCCCN. The van der Waals surface area contributed by atoms with Gasteiger partial charge in [-0.05, 0) is 51.5 Å². The van der Waals surface area contributed by atoms with E-state index in [2.05, 4.69) is 9.88 Å². The highest BCUT2D eigenvalue weighted by Gasteiger charge is 2.07. The Bertz CT molecular complexity index is 371. The minimum Gasteiger partial charge on any atom is -0.330 e. The van der Waals surface area contributed by atoms with Crippen molar-refractivity contribution in [2.75, 3.05) is 20.6 Å². The van der Waals surface area contributed by atoms with Crippen LogP contribution in [0.1, 0.15) is 24.0 Å². The zero-order chi connectivity index (χ0) is 12.0. The number of rotatable bonds is 6. The minimum atomic E-state index is 0.0383. The summed E-state index contributed by atoms with van der Waals surface area (Å²) in [6.45, 7) is 1.50. The number of pyridine rings is 1. The first-order chi connectivity index (χ1) is 7.65. The topological polar surface area (TPSA) is 62.1 Å². The fourth-order valence-electron chi connectivity index (χ4n) is 1.76. The van der Waals surface area contributed by atoms with Crippen molar-refractivity contribution in [2.45, 2.75) is 25.8 Å². The molecule has 0 unspecified atom stereocenters. The average molecular weight is 223 g/mol. The quantitative estimate of drug-likeness (QED) is 0.698. The summed E-state index contributed by atoms with van der Waals surface area (Å²) in [5.41, 5.74) is 7.52. The molecular formula is C12H21N3O. The molecule has 4 nitrogen and oxygen atoms in total. The first-order valence-corrected chi connectivity index (χ1v) is 5.69. The Kier molecular flexibility index (Phi) is 5.22. The molecule has 0 amide bonds. The number of nitrogens with two attached hydrogens (primary N) is 1. The van der Waals surface area contributed by atoms with Gasteiger partial charge in [0.15, 0.2) is 0 Å². The zero-order valence-electron chi connectivity index (χ0n) is 10.1. The molecule has 0 aromatic carbocycles. The van der Waals surface area contributed by atoms with Gasteiger partial charge < -0.3 is 15.6 Å². The van der Waals surface area contributed by atoms with E-state index in [0.29, 0.717) is 6.54 Å². The molecule has 3 N–H and O–H groups in total. The Balaban J connectivity index is 2.81. The zero-order valence-corrected chi connectivity index (χ0v) is 10.1. The molecule has 0 aliphatic rings. The smallest absolute Gasteiger partial charge is 0.251 e. The van der Waals surface area contributed by atoms with Crippen molar-refractivity contribution in [3.63, 3.8) is 0 Å². The number of nitrogens with zero attached hydrogens (tertiary/aromatic N) is 1. The lowest BCUT2D eigenvalue weighted by atomic mass is 10.0. The van der Waals surface area contributed by atoms with Crippen LogP contribution in [0.3, 0.4) is 0 Å². The number of H-pyrrole nitrogens is 1. The maximum Gasteiger partial charge on any atom is 0.251 e. The van der Waals surface area contributed by atoms with Crippen molar-refractivity contribution in [1.82, 2.24) is 9.88 Å². The summed E-state index contributed by atoms with van der Waals surface area (Å²) >= 11 is 0. The van der Waals surface area contributed by atoms with Crippen LogP contribution < -0.4 is 11.3 Å². The van der Waals surface area contributed by atoms with Gasteiger partial charge in [-0.25, -0.2) is 0 Å². The maximum absolute atomic E-state index is 11.7. The normalized spacial score (nSPS) is 11.0.